The molecule has 4 aromatic carbocycles. The Hall–Kier alpha value is -12.1. The molecule has 4 unspecified atom stereocenters. The number of hydrazine groups is 2. The van der Waals surface area contributed by atoms with E-state index in [1.807, 2.05) is 47.9 Å². The quantitative estimate of drug-likeness (QED) is 0.00429. The SMILES string of the molecule is CN=CC=C(N)c1cc(F)c(CN(C[C@H](O)[C@@H](CC(=O)[C@@H](NC(=O)OC)C(C)(C)C)Cc2ccc(-c3ccc(N4CC5CCC(C4)N5C4COC4)nc3)cc2)NC(=O)[C@@H](CC(=O)OC)C(C)(C)C)c(F)c1.COC(=O)C[C@H](C(=O)NN(Cc1c(F)cc(C(=N)OC(=N)C2CC2)cc1F)C[C@H](O)[C@@H](CC(=O)[C@@H](NC(=O)OC)C(C)(C)C(F)(F)F)Cc1ccc(-c2ccc(N3CC4CCC(C3)N4C3COC3)nc2)cc1)C(C)(C)C(F)(F)F. The van der Waals surface area contributed by atoms with Crippen LogP contribution in [0.1, 0.15) is 167 Å². The summed E-state index contributed by atoms with van der Waals surface area (Å²) in [6.45, 7) is 16.8. The predicted octanol–water partition coefficient (Wildman–Crippen LogP) is 14.0. The molecule has 7 fully saturated rings. The van der Waals surface area contributed by atoms with Crippen LogP contribution in [0.4, 0.5) is 65.1 Å². The van der Waals surface area contributed by atoms with Crippen molar-refractivity contribution in [3.8, 4) is 22.3 Å². The number of halogens is 10. The highest BCUT2D eigenvalue weighted by Crippen LogP contribution is 2.48. The second kappa shape index (κ2) is 49.5. The van der Waals surface area contributed by atoms with Crippen LogP contribution >= 0.6 is 0 Å². The fraction of sp³-hybridized carbons (Fsp3) is 0.561. The number of amides is 4. The summed E-state index contributed by atoms with van der Waals surface area (Å²) in [6, 6.07) is 25.2. The topological polar surface area (TPSA) is 421 Å². The Labute approximate surface area is 866 Å². The van der Waals surface area contributed by atoms with Crippen LogP contribution in [-0.2, 0) is 87.9 Å². The molecule has 12 atom stereocenters. The Morgan fingerprint density at radius 3 is 1.21 bits per heavy atom. The molecule has 10 N–H and O–H groups in total. The number of nitrogens with zero attached hydrogens (tertiary/aromatic N) is 9. The second-order valence-corrected chi connectivity index (χ2v) is 43.1. The van der Waals surface area contributed by atoms with Crippen LogP contribution in [0, 0.1) is 85.3 Å². The maximum absolute atomic E-state index is 16.1. The Kier molecular flexibility index (Phi) is 38.5. The van der Waals surface area contributed by atoms with Crippen LogP contribution in [0.15, 0.2) is 121 Å². The molecule has 6 aromatic rings. The number of nitrogens with two attached hydrogens (primary N) is 1. The molecular weight excluding hydrogens is 1970 g/mol. The largest absolute Gasteiger partial charge is 0.469 e. The molecule has 7 aliphatic rings. The Morgan fingerprint density at radius 2 is 0.873 bits per heavy atom. The number of alkyl halides is 6. The van der Waals surface area contributed by atoms with Gasteiger partial charge in [0.25, 0.3) is 0 Å². The van der Waals surface area contributed by atoms with Crippen LogP contribution in [-0.4, -0.2) is 280 Å². The summed E-state index contributed by atoms with van der Waals surface area (Å²) >= 11 is 0. The third-order valence-electron chi connectivity index (χ3n) is 29.7. The van der Waals surface area contributed by atoms with E-state index in [4.69, 9.17) is 50.2 Å². The maximum atomic E-state index is 16.1. The van der Waals surface area contributed by atoms with Gasteiger partial charge in [-0.1, -0.05) is 104 Å². The van der Waals surface area contributed by atoms with Gasteiger partial charge in [0.2, 0.25) is 17.7 Å². The molecule has 4 amide bonds. The number of aromatic nitrogens is 2. The van der Waals surface area contributed by atoms with Crippen molar-refractivity contribution >= 4 is 82.8 Å². The second-order valence-electron chi connectivity index (χ2n) is 43.1. The highest BCUT2D eigenvalue weighted by Gasteiger charge is 2.58. The van der Waals surface area contributed by atoms with Gasteiger partial charge in [0.1, 0.15) is 40.9 Å². The van der Waals surface area contributed by atoms with E-state index in [-0.39, 0.29) is 48.8 Å². The number of hydrogen-bond acceptors (Lipinski definition) is 29. The molecular formula is C107H138F10N16O17. The molecule has 0 spiro atoms. The number of carbonyl (C=O) groups is 8. The Balaban J connectivity index is 0.000000267. The number of methoxy groups -OCH3 is 4. The average molecular weight is 2110 g/mol. The van der Waals surface area contributed by atoms with Crippen molar-refractivity contribution in [2.45, 2.75) is 232 Å². The number of pyridine rings is 2. The van der Waals surface area contributed by atoms with E-state index in [1.165, 1.54) is 51.4 Å². The van der Waals surface area contributed by atoms with Crippen molar-refractivity contribution in [2.75, 3.05) is 111 Å². The van der Waals surface area contributed by atoms with Crippen LogP contribution in [0.3, 0.4) is 0 Å². The van der Waals surface area contributed by atoms with Gasteiger partial charge in [0.05, 0.1) is 121 Å². The average Bonchev–Trinajstić information content (AvgIpc) is 1.58. The minimum absolute atomic E-state index is 0.0630. The summed E-state index contributed by atoms with van der Waals surface area (Å²) in [6.07, 6.45) is -6.48. The normalized spacial score (nSPS) is 19.6. The van der Waals surface area contributed by atoms with E-state index in [0.29, 0.717) is 105 Å². The lowest BCUT2D eigenvalue weighted by Gasteiger charge is -2.48. The van der Waals surface area contributed by atoms with Crippen molar-refractivity contribution in [1.29, 1.82) is 10.8 Å². The molecule has 1 saturated carbocycles. The first-order valence-electron chi connectivity index (χ1n) is 50.1. The number of Topliss-reactive ketones (excluding diaryl/α,β-unsaturated/α-hetero) is 2. The van der Waals surface area contributed by atoms with Crippen molar-refractivity contribution < 1.29 is 126 Å². The number of ketones is 2. The number of rotatable bonds is 42. The third kappa shape index (κ3) is 29.2. The Morgan fingerprint density at radius 1 is 0.500 bits per heavy atom. The van der Waals surface area contributed by atoms with Crippen molar-refractivity contribution in [2.24, 2.45) is 62.0 Å². The highest BCUT2D eigenvalue weighted by molar-refractivity contribution is 6.00. The predicted molar refractivity (Wildman–Crippen MR) is 538 cm³/mol. The van der Waals surface area contributed by atoms with Gasteiger partial charge < -0.3 is 69.5 Å². The zero-order valence-electron chi connectivity index (χ0n) is 87.1. The number of carbonyl (C=O) groups excluding carboxylic acids is 8. The van der Waals surface area contributed by atoms with Gasteiger partial charge >= 0.3 is 36.5 Å². The Bertz CT molecular complexity index is 5750. The number of aliphatic imine (C=N–C) groups is 1. The van der Waals surface area contributed by atoms with Crippen molar-refractivity contribution in [3.05, 3.63) is 172 Å². The van der Waals surface area contributed by atoms with Gasteiger partial charge in [0, 0.05) is 160 Å². The number of alkyl carbamates (subject to hydrolysis) is 2. The van der Waals surface area contributed by atoms with E-state index in [9.17, 15) is 74.9 Å². The number of anilines is 2. The minimum atomic E-state index is -5.13. The molecule has 1 aliphatic carbocycles. The van der Waals surface area contributed by atoms with Crippen molar-refractivity contribution in [1.82, 2.24) is 51.3 Å². The number of ether oxygens (including phenoxy) is 7. The third-order valence-corrected chi connectivity index (χ3v) is 29.7. The first-order chi connectivity index (χ1) is 70.6. The summed E-state index contributed by atoms with van der Waals surface area (Å²) in [5.74, 6) is -15.5. The van der Waals surface area contributed by atoms with E-state index in [2.05, 4.69) is 62.4 Å². The molecule has 4 bridgehead atoms. The molecule has 8 heterocycles. The van der Waals surface area contributed by atoms with Gasteiger partial charge in [-0.2, -0.15) is 26.3 Å². The number of benzene rings is 4. The number of piperazine rings is 2. The van der Waals surface area contributed by atoms with Crippen LogP contribution in [0.25, 0.3) is 28.0 Å². The number of allylic oxidation sites excluding steroid dienone is 1. The molecule has 2 aromatic heterocycles. The van der Waals surface area contributed by atoms with Crippen LogP contribution in [0.2, 0.25) is 0 Å². The van der Waals surface area contributed by atoms with Gasteiger partial charge in [-0.25, -0.2) is 47.1 Å². The summed E-state index contributed by atoms with van der Waals surface area (Å²) in [4.78, 5) is 130. The summed E-state index contributed by atoms with van der Waals surface area (Å²) in [7, 11) is 5.66. The number of aliphatic hydroxyl groups is 2. The lowest BCUT2D eigenvalue weighted by atomic mass is 9.75. The lowest BCUT2D eigenvalue weighted by Crippen LogP contribution is -2.62. The van der Waals surface area contributed by atoms with Crippen LogP contribution in [0.5, 0.6) is 0 Å². The van der Waals surface area contributed by atoms with E-state index in [1.54, 1.807) is 72.0 Å². The van der Waals surface area contributed by atoms with Gasteiger partial charge in [-0.15, -0.1) is 0 Å². The smallest absolute Gasteiger partial charge is 0.407 e. The highest BCUT2D eigenvalue weighted by atomic mass is 19.4. The standard InChI is InChI=1S/C54H66F8N8O9.C53H72F2N8O8/c1-51(2,53(57,58)59)39(21-45(73)76-5)49(74)67-69(25-38-40(55)18-34(19-41(38)56)48(64)79-47(63)31-11-12-31)26-43(72)33(20-42(71)46(66-50(75)77-6)52(3,4)54(60,61)62)17-29-7-9-30(10-8-29)32-13-16-44(65-22-32)68-23-35-14-15-36(24-68)70(35)37-27-78-28-37;1-52(2,3)41(24-48(66)69-8)50(67)60-62(28-40-42(54)21-35(22-43(40)55)44(56)18-19-57-7)29-46(65)36(23-45(64)49(53(4,5)6)59-51(68)70-9)20-32-10-12-33(13-11-32)34-14-17-47(58-25-34)61-26-37-15-16-38(27-61)63(37)39-30-71-31-39/h7-10,13,16,18-19,22,31,33,35-37,39,43,46,63-64,72H,11-12,14-15,17,20-21,23-28H2,1-6H3,(H,66,75)(H,67,74);10-14,17-19,21-22,25,36-39,41,46,49,65H,15-16,20,23-24,26-31,56H2,1-9H3,(H,59,68)(H,60,67)/t33-,35?,36?,39-,43+,46-;36-,37?,38?,41-,46+,49-/m11/s1. The van der Waals surface area contributed by atoms with E-state index in [0.717, 1.165) is 126 Å². The number of fused-ring (bicyclic) bond motifs is 4. The number of nitrogens with one attached hydrogen (secondary N) is 6. The molecule has 33 nitrogen and oxygen atoms in total. The lowest BCUT2D eigenvalue weighted by molar-refractivity contribution is -0.231. The first-order valence-corrected chi connectivity index (χ1v) is 50.1. The zero-order valence-corrected chi connectivity index (χ0v) is 87.1. The van der Waals surface area contributed by atoms with Crippen molar-refractivity contribution in [3.63, 3.8) is 0 Å². The monoisotopic (exact) mass is 2110 g/mol. The molecule has 43 heteroatoms. The number of esters is 2. The van der Waals surface area contributed by atoms with Gasteiger partial charge in [0.15, 0.2) is 17.5 Å². The fourth-order valence-corrected chi connectivity index (χ4v) is 20.1. The molecule has 6 aliphatic heterocycles. The number of hydrogen-bond donors (Lipinski definition) is 9. The summed E-state index contributed by atoms with van der Waals surface area (Å²) in [5, 5.41) is 47.1. The molecule has 6 saturated heterocycles. The van der Waals surface area contributed by atoms with Gasteiger partial charge in [-0.3, -0.25) is 65.2 Å². The fourth-order valence-electron chi connectivity index (χ4n) is 20.1. The van der Waals surface area contributed by atoms with Gasteiger partial charge in [-0.05, 0) is 165 Å². The summed E-state index contributed by atoms with van der Waals surface area (Å²) < 4.78 is 187. The molecule has 0 radical (unpaired) electrons. The maximum Gasteiger partial charge on any atom is 0.407 e. The van der Waals surface area contributed by atoms with Crippen LogP contribution < -0.4 is 37.0 Å². The zero-order chi connectivity index (χ0) is 110. The summed E-state index contributed by atoms with van der Waals surface area (Å²) in [5.41, 5.74) is 6.29. The molecule has 150 heavy (non-hydrogen) atoms. The molecule has 13 rings (SSSR count). The minimum Gasteiger partial charge on any atom is -0.469 e. The first kappa shape index (κ1) is 117. The number of aliphatic hydroxyl groups excluding tert-OH is 2. The van der Waals surface area contributed by atoms with E-state index >= 15 is 17.6 Å². The molecule has 818 valence electrons. The van der Waals surface area contributed by atoms with E-state index < -0.39 is 214 Å².